The van der Waals surface area contributed by atoms with Crippen molar-refractivity contribution in [3.8, 4) is 0 Å². The lowest BCUT2D eigenvalue weighted by Gasteiger charge is -2.25. The minimum Gasteiger partial charge on any atom is -0.477 e. The van der Waals surface area contributed by atoms with Crippen LogP contribution in [0.3, 0.4) is 0 Å². The minimum absolute atomic E-state index is 0.344. The monoisotopic (exact) mass is 269 g/mol. The summed E-state index contributed by atoms with van der Waals surface area (Å²) in [6.07, 6.45) is 2.45. The highest BCUT2D eigenvalue weighted by Gasteiger charge is 2.24. The van der Waals surface area contributed by atoms with E-state index in [1.54, 1.807) is 6.92 Å². The van der Waals surface area contributed by atoms with Gasteiger partial charge >= 0.3 is 5.97 Å². The summed E-state index contributed by atoms with van der Waals surface area (Å²) in [4.78, 5) is 20.1. The molecule has 0 aliphatic carbocycles. The Labute approximate surface area is 111 Å². The number of likely N-dealkylation sites (tertiary alicyclic amines) is 1. The molecule has 1 aromatic heterocycles. The number of anilines is 1. The van der Waals surface area contributed by atoms with Gasteiger partial charge in [-0.3, -0.25) is 0 Å². The number of aromatic carboxylic acids is 1. The molecule has 0 bridgehead atoms. The minimum atomic E-state index is -0.886. The Morgan fingerprint density at radius 2 is 2.39 bits per heavy atom. The number of carboxylic acid groups (broad SMARTS) is 1. The molecule has 0 aromatic carbocycles. The fraction of sp³-hybridized carbons (Fsp3) is 0.667. The number of nitrogens with zero attached hydrogens (tertiary/aromatic N) is 3. The number of aryl methyl sites for hydroxylation is 1. The zero-order valence-electron chi connectivity index (χ0n) is 11.0. The maximum atomic E-state index is 11.0. The molecule has 0 radical (unpaired) electrons. The van der Waals surface area contributed by atoms with E-state index >= 15 is 0 Å². The summed E-state index contributed by atoms with van der Waals surface area (Å²) in [6.45, 7) is 3.80. The van der Waals surface area contributed by atoms with Crippen LogP contribution in [0.15, 0.2) is 0 Å². The normalized spacial score (nSPS) is 20.3. The molecule has 1 fully saturated rings. The number of rotatable bonds is 4. The summed E-state index contributed by atoms with van der Waals surface area (Å²) < 4.78 is 0. The largest absolute Gasteiger partial charge is 0.477 e. The molecule has 1 aromatic rings. The number of thiazole rings is 1. The van der Waals surface area contributed by atoms with E-state index in [1.807, 2.05) is 7.05 Å². The molecule has 0 saturated carbocycles. The molecule has 0 spiro atoms. The van der Waals surface area contributed by atoms with Crippen LogP contribution < -0.4 is 4.90 Å². The van der Waals surface area contributed by atoms with Crippen LogP contribution in [0, 0.1) is 6.92 Å². The van der Waals surface area contributed by atoms with E-state index in [0.717, 1.165) is 18.2 Å². The van der Waals surface area contributed by atoms with E-state index in [2.05, 4.69) is 21.8 Å². The third kappa shape index (κ3) is 2.64. The topological polar surface area (TPSA) is 56.7 Å². The summed E-state index contributed by atoms with van der Waals surface area (Å²) in [6, 6.07) is 0.549. The average Bonchev–Trinajstić information content (AvgIpc) is 2.86. The van der Waals surface area contributed by atoms with Crippen LogP contribution in [-0.2, 0) is 0 Å². The Hall–Kier alpha value is -1.14. The molecule has 18 heavy (non-hydrogen) atoms. The van der Waals surface area contributed by atoms with Gasteiger partial charge in [-0.2, -0.15) is 0 Å². The van der Waals surface area contributed by atoms with Crippen LogP contribution in [0.4, 0.5) is 5.13 Å². The van der Waals surface area contributed by atoms with Gasteiger partial charge in [-0.25, -0.2) is 9.78 Å². The second-order valence-corrected chi connectivity index (χ2v) is 5.85. The number of carbonyl (C=O) groups is 1. The van der Waals surface area contributed by atoms with Crippen molar-refractivity contribution < 1.29 is 9.90 Å². The standard InChI is InChI=1S/C12H19N3O2S/c1-8-10(11(16)17)18-12(13-8)15(3)7-9-5-4-6-14(9)2/h9H,4-7H2,1-3H3,(H,16,17). The van der Waals surface area contributed by atoms with Crippen molar-refractivity contribution in [2.24, 2.45) is 0 Å². The summed E-state index contributed by atoms with van der Waals surface area (Å²) >= 11 is 1.26. The Balaban J connectivity index is 2.06. The molecule has 1 unspecified atom stereocenters. The van der Waals surface area contributed by atoms with E-state index in [0.29, 0.717) is 16.6 Å². The highest BCUT2D eigenvalue weighted by Crippen LogP contribution is 2.26. The Bertz CT molecular complexity index is 447. The van der Waals surface area contributed by atoms with Crippen LogP contribution in [0.25, 0.3) is 0 Å². The zero-order valence-corrected chi connectivity index (χ0v) is 11.8. The average molecular weight is 269 g/mol. The first kappa shape index (κ1) is 13.3. The number of likely N-dealkylation sites (N-methyl/N-ethyl adjacent to an activating group) is 2. The summed E-state index contributed by atoms with van der Waals surface area (Å²) in [7, 11) is 4.12. The van der Waals surface area contributed by atoms with Gasteiger partial charge in [-0.1, -0.05) is 11.3 Å². The van der Waals surface area contributed by atoms with Gasteiger partial charge in [0.05, 0.1) is 5.69 Å². The SMILES string of the molecule is Cc1nc(N(C)CC2CCCN2C)sc1C(=O)O. The Kier molecular flexibility index (Phi) is 3.87. The second kappa shape index (κ2) is 5.24. The van der Waals surface area contributed by atoms with Crippen molar-refractivity contribution in [3.63, 3.8) is 0 Å². The maximum absolute atomic E-state index is 11.0. The second-order valence-electron chi connectivity index (χ2n) is 4.87. The molecule has 0 amide bonds. The molecule has 1 saturated heterocycles. The van der Waals surface area contributed by atoms with Gasteiger partial charge < -0.3 is 14.9 Å². The smallest absolute Gasteiger partial charge is 0.347 e. The van der Waals surface area contributed by atoms with E-state index in [-0.39, 0.29) is 0 Å². The van der Waals surface area contributed by atoms with Gasteiger partial charge in [0, 0.05) is 19.6 Å². The first-order chi connectivity index (χ1) is 8.49. The number of aromatic nitrogens is 1. The molecule has 1 atom stereocenters. The van der Waals surface area contributed by atoms with E-state index < -0.39 is 5.97 Å². The molecule has 1 aliphatic heterocycles. The highest BCUT2D eigenvalue weighted by atomic mass is 32.1. The van der Waals surface area contributed by atoms with Crippen LogP contribution in [-0.4, -0.2) is 54.2 Å². The third-order valence-electron chi connectivity index (χ3n) is 3.46. The summed E-state index contributed by atoms with van der Waals surface area (Å²) in [5.74, 6) is -0.886. The number of carboxylic acids is 1. The molecule has 2 rings (SSSR count). The number of hydrogen-bond acceptors (Lipinski definition) is 5. The Morgan fingerprint density at radius 1 is 1.67 bits per heavy atom. The van der Waals surface area contributed by atoms with Crippen LogP contribution in [0.5, 0.6) is 0 Å². The fourth-order valence-corrected chi connectivity index (χ4v) is 3.22. The highest BCUT2D eigenvalue weighted by molar-refractivity contribution is 7.17. The molecular formula is C12H19N3O2S. The van der Waals surface area contributed by atoms with Crippen molar-refractivity contribution in [3.05, 3.63) is 10.6 Å². The van der Waals surface area contributed by atoms with Gasteiger partial charge in [-0.05, 0) is 33.4 Å². The van der Waals surface area contributed by atoms with Crippen LogP contribution in [0.2, 0.25) is 0 Å². The van der Waals surface area contributed by atoms with Crippen LogP contribution >= 0.6 is 11.3 Å². The first-order valence-corrected chi connectivity index (χ1v) is 6.92. The van der Waals surface area contributed by atoms with Crippen molar-refractivity contribution in [1.82, 2.24) is 9.88 Å². The Morgan fingerprint density at radius 3 is 2.89 bits per heavy atom. The van der Waals surface area contributed by atoms with Gasteiger partial charge in [-0.15, -0.1) is 0 Å². The van der Waals surface area contributed by atoms with Crippen molar-refractivity contribution >= 4 is 22.4 Å². The van der Waals surface area contributed by atoms with Gasteiger partial charge in [0.2, 0.25) is 0 Å². The van der Waals surface area contributed by atoms with E-state index in [9.17, 15) is 4.79 Å². The third-order valence-corrected chi connectivity index (χ3v) is 4.72. The molecule has 5 nitrogen and oxygen atoms in total. The molecular weight excluding hydrogens is 250 g/mol. The van der Waals surface area contributed by atoms with Crippen LogP contribution in [0.1, 0.15) is 28.2 Å². The maximum Gasteiger partial charge on any atom is 0.347 e. The van der Waals surface area contributed by atoms with Gasteiger partial charge in [0.15, 0.2) is 5.13 Å². The number of hydrogen-bond donors (Lipinski definition) is 1. The molecule has 100 valence electrons. The summed E-state index contributed by atoms with van der Waals surface area (Å²) in [5, 5.41) is 9.83. The van der Waals surface area contributed by atoms with Gasteiger partial charge in [0.25, 0.3) is 0 Å². The molecule has 1 aliphatic rings. The van der Waals surface area contributed by atoms with Crippen molar-refractivity contribution in [1.29, 1.82) is 0 Å². The lowest BCUT2D eigenvalue weighted by Crippen LogP contribution is -2.36. The van der Waals surface area contributed by atoms with Gasteiger partial charge in [0.1, 0.15) is 4.88 Å². The predicted octanol–water partition coefficient (Wildman–Crippen LogP) is 1.68. The molecule has 1 N–H and O–H groups in total. The quantitative estimate of drug-likeness (QED) is 0.901. The summed E-state index contributed by atoms with van der Waals surface area (Å²) in [5.41, 5.74) is 0.606. The van der Waals surface area contributed by atoms with E-state index in [4.69, 9.17) is 5.11 Å². The first-order valence-electron chi connectivity index (χ1n) is 6.11. The lowest BCUT2D eigenvalue weighted by atomic mass is 10.2. The zero-order chi connectivity index (χ0) is 13.3. The van der Waals surface area contributed by atoms with Crippen molar-refractivity contribution in [2.75, 3.05) is 32.1 Å². The van der Waals surface area contributed by atoms with Crippen molar-refractivity contribution in [2.45, 2.75) is 25.8 Å². The fourth-order valence-electron chi connectivity index (χ4n) is 2.35. The molecule has 2 heterocycles. The predicted molar refractivity (Wildman–Crippen MR) is 72.7 cm³/mol. The van der Waals surface area contributed by atoms with E-state index in [1.165, 1.54) is 24.2 Å². The lowest BCUT2D eigenvalue weighted by molar-refractivity contribution is 0.0701. The molecule has 6 heteroatoms.